The second-order valence-electron chi connectivity index (χ2n) is 5.46. The van der Waals surface area contributed by atoms with Crippen LogP contribution in [0.4, 0.5) is 0 Å². The Kier molecular flexibility index (Phi) is 8.74. The first kappa shape index (κ1) is 20.2. The van der Waals surface area contributed by atoms with Gasteiger partial charge < -0.3 is 0 Å². The molecule has 2 aromatic heterocycles. The molecule has 25 heavy (non-hydrogen) atoms. The van der Waals surface area contributed by atoms with Gasteiger partial charge in [-0.2, -0.15) is 31.9 Å². The quantitative estimate of drug-likeness (QED) is 0.460. The first-order valence-corrected chi connectivity index (χ1v) is 11.8. The molecule has 0 fully saturated rings. The van der Waals surface area contributed by atoms with Crippen LogP contribution in [0.3, 0.4) is 0 Å². The zero-order valence-corrected chi connectivity index (χ0v) is 16.3. The van der Waals surface area contributed by atoms with Crippen LogP contribution in [0.2, 0.25) is 0 Å². The number of hydrogen-bond acceptors (Lipinski definition) is 6. The Balaban J connectivity index is 1.75. The zero-order valence-electron chi connectivity index (χ0n) is 13.8. The lowest BCUT2D eigenvalue weighted by molar-refractivity contribution is 0.483. The molecule has 0 saturated heterocycles. The van der Waals surface area contributed by atoms with Crippen molar-refractivity contribution in [1.29, 1.82) is 0 Å². The number of rotatable bonds is 11. The van der Waals surface area contributed by atoms with Gasteiger partial charge in [0.2, 0.25) is 0 Å². The molecule has 1 unspecified atom stereocenters. The van der Waals surface area contributed by atoms with E-state index >= 15 is 0 Å². The molecule has 0 aliphatic rings. The molecule has 0 saturated carbocycles. The number of hydrogen-bond donors (Lipinski definition) is 1. The minimum absolute atomic E-state index is 0.132. The van der Waals surface area contributed by atoms with Gasteiger partial charge in [-0.25, -0.2) is 0 Å². The maximum Gasteiger partial charge on any atom is 0.265 e. The third-order valence-corrected chi connectivity index (χ3v) is 6.99. The second kappa shape index (κ2) is 10.8. The van der Waals surface area contributed by atoms with Crippen LogP contribution in [0.15, 0.2) is 48.8 Å². The van der Waals surface area contributed by atoms with Gasteiger partial charge in [-0.1, -0.05) is 12.1 Å². The average molecular weight is 399 g/mol. The van der Waals surface area contributed by atoms with E-state index < -0.39 is 10.1 Å². The first-order valence-electron chi connectivity index (χ1n) is 7.97. The second-order valence-corrected chi connectivity index (χ2v) is 9.51. The van der Waals surface area contributed by atoms with Gasteiger partial charge in [0.15, 0.2) is 0 Å². The summed E-state index contributed by atoms with van der Waals surface area (Å²) in [6.07, 6.45) is 5.16. The molecule has 136 valence electrons. The number of thioether (sulfide) groups is 2. The molecule has 0 bridgehead atoms. The molecule has 0 radical (unpaired) electrons. The molecule has 2 aromatic rings. The molecule has 0 aliphatic heterocycles. The fourth-order valence-electron chi connectivity index (χ4n) is 2.19. The van der Waals surface area contributed by atoms with Crippen LogP contribution in [0.5, 0.6) is 0 Å². The summed E-state index contributed by atoms with van der Waals surface area (Å²) in [6.45, 7) is 0. The number of aromatic nitrogens is 2. The fourth-order valence-corrected chi connectivity index (χ4v) is 6.07. The molecule has 1 atom stereocenters. The minimum atomic E-state index is -3.97. The summed E-state index contributed by atoms with van der Waals surface area (Å²) in [4.78, 5) is 8.54. The molecule has 8 heteroatoms. The number of aryl methyl sites for hydroxylation is 2. The van der Waals surface area contributed by atoms with E-state index in [0.29, 0.717) is 5.75 Å². The highest BCUT2D eigenvalue weighted by Crippen LogP contribution is 2.20. The number of pyridine rings is 2. The lowest BCUT2D eigenvalue weighted by atomic mass is 10.3. The van der Waals surface area contributed by atoms with Crippen molar-refractivity contribution in [3.05, 3.63) is 60.2 Å². The minimum Gasteiger partial charge on any atom is -0.286 e. The smallest absolute Gasteiger partial charge is 0.265 e. The average Bonchev–Trinajstić information content (AvgIpc) is 2.59. The Morgan fingerprint density at radius 1 is 0.960 bits per heavy atom. The maximum absolute atomic E-state index is 11.2. The van der Waals surface area contributed by atoms with Crippen molar-refractivity contribution in [2.24, 2.45) is 0 Å². The van der Waals surface area contributed by atoms with E-state index in [1.54, 1.807) is 35.9 Å². The molecule has 0 aliphatic carbocycles. The maximum atomic E-state index is 11.2. The van der Waals surface area contributed by atoms with E-state index in [1.165, 1.54) is 0 Å². The normalized spacial score (nSPS) is 12.8. The van der Waals surface area contributed by atoms with Gasteiger partial charge in [0, 0.05) is 34.8 Å². The Morgan fingerprint density at radius 2 is 1.56 bits per heavy atom. The van der Waals surface area contributed by atoms with Crippen LogP contribution >= 0.6 is 23.5 Å². The Morgan fingerprint density at radius 3 is 2.08 bits per heavy atom. The van der Waals surface area contributed by atoms with E-state index in [9.17, 15) is 8.42 Å². The molecular formula is C17H22N2O3S3. The zero-order chi connectivity index (χ0) is 18.0. The third-order valence-electron chi connectivity index (χ3n) is 3.37. The predicted molar refractivity (Wildman–Crippen MR) is 106 cm³/mol. The standard InChI is InChI=1S/C17H22N2O3S3/c20-25(21,22)14-17(24-12-8-16-6-2-4-10-19-16)13-23-11-7-15-5-1-3-9-18-15/h1-6,9-10,17H,7-8,11-14H2,(H,20,21,22). The van der Waals surface area contributed by atoms with Crippen molar-refractivity contribution in [1.82, 2.24) is 9.97 Å². The summed E-state index contributed by atoms with van der Waals surface area (Å²) >= 11 is 3.26. The topological polar surface area (TPSA) is 80.2 Å². The van der Waals surface area contributed by atoms with Gasteiger partial charge in [-0.15, -0.1) is 0 Å². The van der Waals surface area contributed by atoms with E-state index in [0.717, 1.165) is 35.7 Å². The van der Waals surface area contributed by atoms with Crippen LogP contribution in [-0.4, -0.2) is 51.2 Å². The van der Waals surface area contributed by atoms with Crippen molar-refractivity contribution in [3.63, 3.8) is 0 Å². The van der Waals surface area contributed by atoms with Crippen molar-refractivity contribution in [3.8, 4) is 0 Å². The Bertz CT molecular complexity index is 712. The molecule has 1 N–H and O–H groups in total. The molecule has 5 nitrogen and oxygen atoms in total. The van der Waals surface area contributed by atoms with Crippen molar-refractivity contribution < 1.29 is 13.0 Å². The van der Waals surface area contributed by atoms with Gasteiger partial charge >= 0.3 is 0 Å². The van der Waals surface area contributed by atoms with E-state index in [4.69, 9.17) is 4.55 Å². The molecule has 0 amide bonds. The molecular weight excluding hydrogens is 376 g/mol. The molecule has 2 heterocycles. The van der Waals surface area contributed by atoms with Crippen LogP contribution in [0, 0.1) is 0 Å². The molecule has 2 rings (SSSR count). The van der Waals surface area contributed by atoms with Gasteiger partial charge in [0.25, 0.3) is 10.1 Å². The van der Waals surface area contributed by atoms with Crippen LogP contribution in [0.1, 0.15) is 11.4 Å². The summed E-state index contributed by atoms with van der Waals surface area (Å²) in [6, 6.07) is 11.6. The number of nitrogens with zero attached hydrogens (tertiary/aromatic N) is 2. The lowest BCUT2D eigenvalue weighted by Crippen LogP contribution is -2.21. The summed E-state index contributed by atoms with van der Waals surface area (Å²) in [5.74, 6) is 2.12. The highest BCUT2D eigenvalue weighted by Gasteiger charge is 2.17. The van der Waals surface area contributed by atoms with Gasteiger partial charge in [0.1, 0.15) is 0 Å². The third kappa shape index (κ3) is 9.25. The summed E-state index contributed by atoms with van der Waals surface area (Å²) in [5, 5.41) is -0.132. The summed E-state index contributed by atoms with van der Waals surface area (Å²) < 4.78 is 31.6. The van der Waals surface area contributed by atoms with Gasteiger partial charge in [-0.05, 0) is 48.6 Å². The Hall–Kier alpha value is -1.09. The van der Waals surface area contributed by atoms with Gasteiger partial charge in [0.05, 0.1) is 5.75 Å². The summed E-state index contributed by atoms with van der Waals surface area (Å²) in [5.41, 5.74) is 2.02. The monoisotopic (exact) mass is 398 g/mol. The van der Waals surface area contributed by atoms with Crippen molar-refractivity contribution in [2.75, 3.05) is 23.0 Å². The highest BCUT2D eigenvalue weighted by molar-refractivity contribution is 8.04. The van der Waals surface area contributed by atoms with Crippen LogP contribution in [-0.2, 0) is 23.0 Å². The van der Waals surface area contributed by atoms with Crippen LogP contribution < -0.4 is 0 Å². The fraction of sp³-hybridized carbons (Fsp3) is 0.412. The Labute approximate surface area is 157 Å². The molecule has 0 aromatic carbocycles. The SMILES string of the molecule is O=S(=O)(O)CC(CSCCc1ccccn1)SCCc1ccccn1. The van der Waals surface area contributed by atoms with E-state index in [1.807, 2.05) is 36.4 Å². The van der Waals surface area contributed by atoms with E-state index in [2.05, 4.69) is 9.97 Å². The van der Waals surface area contributed by atoms with Crippen molar-refractivity contribution in [2.45, 2.75) is 18.1 Å². The first-order chi connectivity index (χ1) is 12.0. The largest absolute Gasteiger partial charge is 0.286 e. The highest BCUT2D eigenvalue weighted by atomic mass is 32.2. The molecule has 0 spiro atoms. The predicted octanol–water partition coefficient (Wildman–Crippen LogP) is 2.98. The summed E-state index contributed by atoms with van der Waals surface area (Å²) in [7, 11) is -3.97. The van der Waals surface area contributed by atoms with E-state index in [-0.39, 0.29) is 11.0 Å². The lowest BCUT2D eigenvalue weighted by Gasteiger charge is -2.14. The van der Waals surface area contributed by atoms with Crippen molar-refractivity contribution >= 4 is 33.6 Å². The van der Waals surface area contributed by atoms with Gasteiger partial charge in [-0.3, -0.25) is 14.5 Å². The van der Waals surface area contributed by atoms with Crippen LogP contribution in [0.25, 0.3) is 0 Å².